The molecule has 1 heterocycles. The smallest absolute Gasteiger partial charge is 0.226 e. The number of carbonyl (C=O) groups excluding carboxylic acids is 1. The molecule has 0 bridgehead atoms. The predicted octanol–water partition coefficient (Wildman–Crippen LogP) is 4.12. The van der Waals surface area contributed by atoms with Crippen LogP contribution < -0.4 is 9.64 Å². The summed E-state index contributed by atoms with van der Waals surface area (Å²) in [6.45, 7) is 2.51. The lowest BCUT2D eigenvalue weighted by Gasteiger charge is -2.36. The summed E-state index contributed by atoms with van der Waals surface area (Å²) in [4.78, 5) is 16.2. The normalized spacial score (nSPS) is 13.9. The second kappa shape index (κ2) is 9.13. The van der Waals surface area contributed by atoms with Crippen molar-refractivity contribution < 1.29 is 13.9 Å². The van der Waals surface area contributed by atoms with Gasteiger partial charge >= 0.3 is 0 Å². The number of rotatable bonds is 5. The molecule has 5 nitrogen and oxygen atoms in total. The van der Waals surface area contributed by atoms with Gasteiger partial charge in [0.15, 0.2) is 0 Å². The van der Waals surface area contributed by atoms with Crippen LogP contribution in [0.3, 0.4) is 0 Å². The van der Waals surface area contributed by atoms with E-state index in [0.717, 1.165) is 5.69 Å². The molecular weight excluding hydrogens is 404 g/mol. The molecule has 0 aromatic heterocycles. The van der Waals surface area contributed by atoms with Gasteiger partial charge in [0, 0.05) is 26.2 Å². The number of halogens is 3. The highest BCUT2D eigenvalue weighted by Gasteiger charge is 2.24. The molecule has 2 aromatic carbocycles. The SMILES string of the molecule is N#Cc1c(N2CCN(C(=O)CCOc3ccc(F)cc3)CC2)ccc(Cl)c1Cl. The highest BCUT2D eigenvalue weighted by Crippen LogP contribution is 2.33. The molecule has 1 fully saturated rings. The van der Waals surface area contributed by atoms with Crippen LogP contribution in [0.4, 0.5) is 10.1 Å². The van der Waals surface area contributed by atoms with Crippen LogP contribution in [-0.2, 0) is 4.79 Å². The summed E-state index contributed by atoms with van der Waals surface area (Å²) in [5.41, 5.74) is 1.07. The minimum atomic E-state index is -0.331. The number of anilines is 1. The molecule has 3 rings (SSSR count). The van der Waals surface area contributed by atoms with Crippen LogP contribution in [0.5, 0.6) is 5.75 Å². The van der Waals surface area contributed by atoms with Gasteiger partial charge < -0.3 is 14.5 Å². The monoisotopic (exact) mass is 421 g/mol. The lowest BCUT2D eigenvalue weighted by Crippen LogP contribution is -2.49. The van der Waals surface area contributed by atoms with Crippen LogP contribution in [0, 0.1) is 17.1 Å². The third-order valence-electron chi connectivity index (χ3n) is 4.56. The van der Waals surface area contributed by atoms with E-state index < -0.39 is 0 Å². The van der Waals surface area contributed by atoms with Gasteiger partial charge in [0.2, 0.25) is 5.91 Å². The summed E-state index contributed by atoms with van der Waals surface area (Å²) < 4.78 is 18.4. The number of benzene rings is 2. The van der Waals surface area contributed by atoms with E-state index in [0.29, 0.717) is 42.5 Å². The van der Waals surface area contributed by atoms with Gasteiger partial charge in [-0.1, -0.05) is 23.2 Å². The topological polar surface area (TPSA) is 56.6 Å². The number of amides is 1. The molecule has 0 N–H and O–H groups in total. The molecule has 2 aromatic rings. The van der Waals surface area contributed by atoms with E-state index >= 15 is 0 Å². The molecule has 1 aliphatic rings. The summed E-state index contributed by atoms with van der Waals surface area (Å²) >= 11 is 12.1. The van der Waals surface area contributed by atoms with Gasteiger partial charge in [-0.2, -0.15) is 5.26 Å². The van der Waals surface area contributed by atoms with Crippen molar-refractivity contribution in [3.63, 3.8) is 0 Å². The van der Waals surface area contributed by atoms with Crippen LogP contribution >= 0.6 is 23.2 Å². The zero-order chi connectivity index (χ0) is 20.1. The minimum Gasteiger partial charge on any atom is -0.493 e. The Balaban J connectivity index is 1.51. The Morgan fingerprint density at radius 1 is 1.11 bits per heavy atom. The number of carbonyl (C=O) groups is 1. The van der Waals surface area contributed by atoms with E-state index in [4.69, 9.17) is 27.9 Å². The van der Waals surface area contributed by atoms with Crippen molar-refractivity contribution in [1.82, 2.24) is 4.90 Å². The van der Waals surface area contributed by atoms with Crippen LogP contribution in [0.15, 0.2) is 36.4 Å². The molecule has 0 aliphatic carbocycles. The molecular formula is C20H18Cl2FN3O2. The first-order valence-corrected chi connectivity index (χ1v) is 9.54. The molecule has 0 unspecified atom stereocenters. The van der Waals surface area contributed by atoms with E-state index in [1.54, 1.807) is 17.0 Å². The third kappa shape index (κ3) is 4.67. The van der Waals surface area contributed by atoms with Gasteiger partial charge in [0.05, 0.1) is 34.3 Å². The fourth-order valence-electron chi connectivity index (χ4n) is 3.05. The number of hydrogen-bond donors (Lipinski definition) is 0. The zero-order valence-corrected chi connectivity index (χ0v) is 16.5. The highest BCUT2D eigenvalue weighted by atomic mass is 35.5. The van der Waals surface area contributed by atoms with Crippen LogP contribution in [0.2, 0.25) is 10.0 Å². The van der Waals surface area contributed by atoms with Crippen molar-refractivity contribution in [1.29, 1.82) is 5.26 Å². The molecule has 1 saturated heterocycles. The lowest BCUT2D eigenvalue weighted by molar-refractivity contribution is -0.132. The van der Waals surface area contributed by atoms with Crippen molar-refractivity contribution in [2.75, 3.05) is 37.7 Å². The van der Waals surface area contributed by atoms with E-state index in [2.05, 4.69) is 6.07 Å². The van der Waals surface area contributed by atoms with Gasteiger partial charge in [-0.25, -0.2) is 4.39 Å². The first-order valence-electron chi connectivity index (χ1n) is 8.79. The Kier molecular flexibility index (Phi) is 6.61. The van der Waals surface area contributed by atoms with Crippen molar-refractivity contribution in [3.8, 4) is 11.8 Å². The maximum atomic E-state index is 12.9. The molecule has 1 amide bonds. The number of nitrogens with zero attached hydrogens (tertiary/aromatic N) is 3. The van der Waals surface area contributed by atoms with Gasteiger partial charge in [-0.3, -0.25) is 4.79 Å². The van der Waals surface area contributed by atoms with Crippen LogP contribution in [0.1, 0.15) is 12.0 Å². The van der Waals surface area contributed by atoms with E-state index in [-0.39, 0.29) is 29.8 Å². The fourth-order valence-corrected chi connectivity index (χ4v) is 3.41. The molecule has 0 saturated carbocycles. The van der Waals surface area contributed by atoms with Crippen molar-refractivity contribution in [3.05, 3.63) is 57.8 Å². The Morgan fingerprint density at radius 2 is 1.79 bits per heavy atom. The molecule has 0 radical (unpaired) electrons. The highest BCUT2D eigenvalue weighted by molar-refractivity contribution is 6.43. The van der Waals surface area contributed by atoms with Gasteiger partial charge in [-0.05, 0) is 36.4 Å². The number of piperazine rings is 1. The maximum Gasteiger partial charge on any atom is 0.226 e. The second-order valence-corrected chi connectivity index (χ2v) is 7.07. The molecule has 1 aliphatic heterocycles. The Morgan fingerprint density at radius 3 is 2.43 bits per heavy atom. The minimum absolute atomic E-state index is 0.00333. The average molecular weight is 422 g/mol. The molecule has 8 heteroatoms. The number of nitriles is 1. The summed E-state index contributed by atoms with van der Waals surface area (Å²) in [6, 6.07) is 11.2. The number of ether oxygens (including phenoxy) is 1. The fraction of sp³-hybridized carbons (Fsp3) is 0.300. The van der Waals surface area contributed by atoms with Crippen LogP contribution in [0.25, 0.3) is 0 Å². The summed E-state index contributed by atoms with van der Waals surface area (Å²) in [7, 11) is 0. The van der Waals surface area contributed by atoms with Crippen molar-refractivity contribution in [2.45, 2.75) is 6.42 Å². The summed E-state index contributed by atoms with van der Waals surface area (Å²) in [5.74, 6) is 0.196. The summed E-state index contributed by atoms with van der Waals surface area (Å²) in [5, 5.41) is 9.97. The second-order valence-electron chi connectivity index (χ2n) is 6.29. The zero-order valence-electron chi connectivity index (χ0n) is 15.0. The molecule has 146 valence electrons. The quantitative estimate of drug-likeness (QED) is 0.728. The van der Waals surface area contributed by atoms with E-state index in [1.165, 1.54) is 24.3 Å². The molecule has 0 atom stereocenters. The molecule has 0 spiro atoms. The van der Waals surface area contributed by atoms with Gasteiger partial charge in [-0.15, -0.1) is 0 Å². The van der Waals surface area contributed by atoms with Gasteiger partial charge in [0.1, 0.15) is 17.6 Å². The lowest BCUT2D eigenvalue weighted by atomic mass is 10.1. The molecule has 28 heavy (non-hydrogen) atoms. The van der Waals surface area contributed by atoms with E-state index in [9.17, 15) is 14.4 Å². The first-order chi connectivity index (χ1) is 13.5. The van der Waals surface area contributed by atoms with Crippen molar-refractivity contribution >= 4 is 34.8 Å². The van der Waals surface area contributed by atoms with Gasteiger partial charge in [0.25, 0.3) is 0 Å². The maximum absolute atomic E-state index is 12.9. The Labute approximate surface area is 172 Å². The number of hydrogen-bond acceptors (Lipinski definition) is 4. The first kappa shape index (κ1) is 20.2. The average Bonchev–Trinajstić information content (AvgIpc) is 2.71. The third-order valence-corrected chi connectivity index (χ3v) is 5.36. The Hall–Kier alpha value is -2.49. The largest absolute Gasteiger partial charge is 0.493 e. The van der Waals surface area contributed by atoms with Crippen LogP contribution in [-0.4, -0.2) is 43.6 Å². The Bertz CT molecular complexity index is 892. The standard InChI is InChI=1S/C20H18Cl2FN3O2/c21-17-5-6-18(16(13-24)20(17)22)25-8-10-26(11-9-25)19(27)7-12-28-15-3-1-14(23)2-4-15/h1-6H,7-12H2. The predicted molar refractivity (Wildman–Crippen MR) is 106 cm³/mol. The summed E-state index contributed by atoms with van der Waals surface area (Å²) in [6.07, 6.45) is 0.244. The van der Waals surface area contributed by atoms with Crippen molar-refractivity contribution in [2.24, 2.45) is 0 Å². The van der Waals surface area contributed by atoms with E-state index in [1.807, 2.05) is 4.90 Å².